The molecule has 0 radical (unpaired) electrons. The van der Waals surface area contributed by atoms with Crippen LogP contribution in [0.15, 0.2) is 0 Å². The third kappa shape index (κ3) is 3.22. The molecule has 14 heavy (non-hydrogen) atoms. The summed E-state index contributed by atoms with van der Waals surface area (Å²) >= 11 is 0. The maximum atomic E-state index is 10.7. The number of methoxy groups -OCH3 is 1. The molecule has 7 heteroatoms. The van der Waals surface area contributed by atoms with Gasteiger partial charge < -0.3 is 21.3 Å². The quantitative estimate of drug-likeness (QED) is 0.460. The van der Waals surface area contributed by atoms with Gasteiger partial charge >= 0.3 is 30.9 Å². The molecule has 1 fully saturated rings. The molecule has 0 aromatic rings. The number of carboxylic acids is 1. The molecule has 0 spiro atoms. The summed E-state index contributed by atoms with van der Waals surface area (Å²) < 4.78 is 9.12. The van der Waals surface area contributed by atoms with E-state index in [1.165, 1.54) is 7.11 Å². The van der Waals surface area contributed by atoms with Crippen LogP contribution in [-0.4, -0.2) is 43.5 Å². The summed E-state index contributed by atoms with van der Waals surface area (Å²) in [5.41, 5.74) is 0. The van der Waals surface area contributed by atoms with Gasteiger partial charge in [0.05, 0.1) is 20.3 Å². The third-order valence-electron chi connectivity index (χ3n) is 1.86. The van der Waals surface area contributed by atoms with Gasteiger partial charge in [0.25, 0.3) is 0 Å². The third-order valence-corrected chi connectivity index (χ3v) is 1.86. The minimum absolute atomic E-state index is 0. The summed E-state index contributed by atoms with van der Waals surface area (Å²) in [7, 11) is 1.19. The van der Waals surface area contributed by atoms with Crippen molar-refractivity contribution in [3.63, 3.8) is 0 Å². The van der Waals surface area contributed by atoms with Crippen molar-refractivity contribution in [2.45, 2.75) is 6.04 Å². The molecule has 1 saturated heterocycles. The standard InChI is InChI=1S/C7H11NO5.Li.H/c1-12-7(11)8-5(6(9)10)4-2-13-3-4;;/h4-5H,2-3H2,1H3,(H,8,11)(H,9,10);;/q;+1;-1. The molecule has 1 rings (SSSR count). The summed E-state index contributed by atoms with van der Waals surface area (Å²) in [6, 6.07) is -0.916. The Labute approximate surface area is 94.6 Å². The number of rotatable bonds is 3. The van der Waals surface area contributed by atoms with E-state index in [1.54, 1.807) is 0 Å². The average Bonchev–Trinajstić information content (AvgIpc) is 1.99. The van der Waals surface area contributed by atoms with Gasteiger partial charge in [0.2, 0.25) is 0 Å². The van der Waals surface area contributed by atoms with E-state index >= 15 is 0 Å². The van der Waals surface area contributed by atoms with Gasteiger partial charge in [-0.05, 0) is 0 Å². The van der Waals surface area contributed by atoms with Gasteiger partial charge in [-0.3, -0.25) is 0 Å². The maximum absolute atomic E-state index is 10.7. The number of carbonyl (C=O) groups is 2. The first-order chi connectivity index (χ1) is 6.15. The van der Waals surface area contributed by atoms with E-state index in [4.69, 9.17) is 9.84 Å². The van der Waals surface area contributed by atoms with Crippen molar-refractivity contribution in [2.75, 3.05) is 20.3 Å². The van der Waals surface area contributed by atoms with Crippen LogP contribution >= 0.6 is 0 Å². The molecule has 2 N–H and O–H groups in total. The number of amides is 1. The summed E-state index contributed by atoms with van der Waals surface area (Å²) in [5, 5.41) is 11.0. The number of hydrogen-bond donors (Lipinski definition) is 2. The zero-order valence-corrected chi connectivity index (χ0v) is 8.15. The Morgan fingerprint density at radius 1 is 1.64 bits per heavy atom. The van der Waals surface area contributed by atoms with E-state index in [0.717, 1.165) is 0 Å². The van der Waals surface area contributed by atoms with Crippen molar-refractivity contribution >= 4 is 12.1 Å². The van der Waals surface area contributed by atoms with E-state index in [-0.39, 0.29) is 26.2 Å². The predicted molar refractivity (Wildman–Crippen MR) is 42.4 cm³/mol. The first kappa shape index (κ1) is 13.3. The van der Waals surface area contributed by atoms with Crippen LogP contribution in [0.1, 0.15) is 1.43 Å². The summed E-state index contributed by atoms with van der Waals surface area (Å²) in [4.78, 5) is 21.4. The van der Waals surface area contributed by atoms with Gasteiger partial charge in [-0.2, -0.15) is 0 Å². The molecule has 6 nitrogen and oxygen atoms in total. The number of carboxylic acid groups (broad SMARTS) is 1. The molecule has 1 unspecified atom stereocenters. The van der Waals surface area contributed by atoms with Crippen molar-refractivity contribution in [3.05, 3.63) is 0 Å². The molecule has 0 aromatic heterocycles. The van der Waals surface area contributed by atoms with Crippen LogP contribution in [0.5, 0.6) is 0 Å². The first-order valence-corrected chi connectivity index (χ1v) is 3.80. The Morgan fingerprint density at radius 3 is 2.50 bits per heavy atom. The Balaban J connectivity index is 0. The number of carbonyl (C=O) groups excluding carboxylic acids is 1. The summed E-state index contributed by atoms with van der Waals surface area (Å²) in [6.07, 6.45) is -0.737. The minimum atomic E-state index is -1.07. The number of alkyl carbamates (subject to hydrolysis) is 1. The molecule has 1 heterocycles. The zero-order valence-electron chi connectivity index (χ0n) is 9.15. The van der Waals surface area contributed by atoms with Crippen LogP contribution < -0.4 is 24.2 Å². The van der Waals surface area contributed by atoms with E-state index in [9.17, 15) is 9.59 Å². The van der Waals surface area contributed by atoms with Gasteiger partial charge in [-0.1, -0.05) is 0 Å². The molecule has 0 aromatic carbocycles. The number of hydrogen-bond acceptors (Lipinski definition) is 4. The molecular weight excluding hydrogens is 185 g/mol. The number of nitrogens with one attached hydrogen (secondary N) is 1. The topological polar surface area (TPSA) is 84.9 Å². The second-order valence-corrected chi connectivity index (χ2v) is 2.75. The van der Waals surface area contributed by atoms with Crippen molar-refractivity contribution in [1.29, 1.82) is 0 Å². The van der Waals surface area contributed by atoms with E-state index in [0.29, 0.717) is 13.2 Å². The normalized spacial score (nSPS) is 17.2. The fourth-order valence-electron chi connectivity index (χ4n) is 1.01. The van der Waals surface area contributed by atoms with Gasteiger partial charge in [0.1, 0.15) is 6.04 Å². The second kappa shape index (κ2) is 5.91. The molecule has 0 aliphatic carbocycles. The largest absolute Gasteiger partial charge is 1.00 e. The molecule has 1 atom stereocenters. The van der Waals surface area contributed by atoms with Gasteiger partial charge in [0.15, 0.2) is 0 Å². The Hall–Kier alpha value is -0.703. The Kier molecular flexibility index (Phi) is 5.61. The van der Waals surface area contributed by atoms with Gasteiger partial charge in [0, 0.05) is 5.92 Å². The van der Waals surface area contributed by atoms with Crippen LogP contribution in [0.25, 0.3) is 0 Å². The molecule has 76 valence electrons. The van der Waals surface area contributed by atoms with Crippen molar-refractivity contribution in [1.82, 2.24) is 5.32 Å². The number of ether oxygens (including phenoxy) is 2. The van der Waals surface area contributed by atoms with Crippen LogP contribution in [-0.2, 0) is 14.3 Å². The summed E-state index contributed by atoms with van der Waals surface area (Å²) in [5.74, 6) is -1.23. The maximum Gasteiger partial charge on any atom is 1.00 e. The SMILES string of the molecule is COC(=O)NC(C(=O)O)C1COC1.[H-].[Li+]. The average molecular weight is 197 g/mol. The fourth-order valence-corrected chi connectivity index (χ4v) is 1.01. The predicted octanol–water partition coefficient (Wildman–Crippen LogP) is -3.44. The Morgan fingerprint density at radius 2 is 2.21 bits per heavy atom. The van der Waals surface area contributed by atoms with Crippen LogP contribution in [0.4, 0.5) is 4.79 Å². The van der Waals surface area contributed by atoms with Crippen LogP contribution in [0.2, 0.25) is 0 Å². The molecular formula is C7H12LiNO5. The second-order valence-electron chi connectivity index (χ2n) is 2.75. The molecule has 1 amide bonds. The van der Waals surface area contributed by atoms with Crippen molar-refractivity contribution in [3.8, 4) is 0 Å². The Bertz CT molecular complexity index is 223. The van der Waals surface area contributed by atoms with Gasteiger partial charge in [-0.25, -0.2) is 9.59 Å². The smallest absolute Gasteiger partial charge is 1.00 e. The minimum Gasteiger partial charge on any atom is -1.00 e. The molecule has 0 saturated carbocycles. The van der Waals surface area contributed by atoms with E-state index in [1.807, 2.05) is 0 Å². The van der Waals surface area contributed by atoms with E-state index < -0.39 is 18.1 Å². The zero-order chi connectivity index (χ0) is 9.84. The molecule has 0 bridgehead atoms. The van der Waals surface area contributed by atoms with Crippen LogP contribution in [0.3, 0.4) is 0 Å². The van der Waals surface area contributed by atoms with Crippen LogP contribution in [0, 0.1) is 5.92 Å². The van der Waals surface area contributed by atoms with Crippen molar-refractivity contribution in [2.24, 2.45) is 5.92 Å². The molecule has 1 aliphatic rings. The fraction of sp³-hybridized carbons (Fsp3) is 0.714. The summed E-state index contributed by atoms with van der Waals surface area (Å²) in [6.45, 7) is 0.724. The monoisotopic (exact) mass is 197 g/mol. The van der Waals surface area contributed by atoms with E-state index in [2.05, 4.69) is 10.1 Å². The number of aliphatic carboxylic acids is 1. The van der Waals surface area contributed by atoms with Crippen molar-refractivity contribution < 1.29 is 44.5 Å². The van der Waals surface area contributed by atoms with Gasteiger partial charge in [-0.15, -0.1) is 0 Å². The first-order valence-electron chi connectivity index (χ1n) is 3.80. The molecule has 1 aliphatic heterocycles.